The van der Waals surface area contributed by atoms with E-state index < -0.39 is 5.82 Å². The third kappa shape index (κ3) is 2.42. The Morgan fingerprint density at radius 1 is 1.53 bits per heavy atom. The number of halogens is 1. The van der Waals surface area contributed by atoms with Crippen molar-refractivity contribution in [2.24, 2.45) is 5.41 Å². The summed E-state index contributed by atoms with van der Waals surface area (Å²) in [4.78, 5) is 12.1. The largest absolute Gasteiger partial charge is 0.396 e. The molecular weight excluding hydrogens is 247 g/mol. The SMILES string of the molecule is COC1CC(NC(=O)c2ccc(F)c(N)c2)C1(C)C. The minimum Gasteiger partial charge on any atom is -0.396 e. The molecule has 0 spiro atoms. The summed E-state index contributed by atoms with van der Waals surface area (Å²) in [6.45, 7) is 4.10. The van der Waals surface area contributed by atoms with Crippen LogP contribution in [0, 0.1) is 11.2 Å². The molecule has 2 unspecified atom stereocenters. The first-order chi connectivity index (χ1) is 8.86. The monoisotopic (exact) mass is 266 g/mol. The number of nitrogens with two attached hydrogens (primary N) is 1. The third-order valence-corrected chi connectivity index (χ3v) is 4.03. The molecule has 0 aromatic heterocycles. The van der Waals surface area contributed by atoms with Gasteiger partial charge in [-0.15, -0.1) is 0 Å². The van der Waals surface area contributed by atoms with Gasteiger partial charge in [0, 0.05) is 24.1 Å². The van der Waals surface area contributed by atoms with Gasteiger partial charge in [-0.25, -0.2) is 4.39 Å². The quantitative estimate of drug-likeness (QED) is 0.822. The molecule has 1 aromatic rings. The highest BCUT2D eigenvalue weighted by Gasteiger charge is 2.49. The Morgan fingerprint density at radius 3 is 2.74 bits per heavy atom. The minimum absolute atomic E-state index is 0.0183. The number of hydrogen-bond donors (Lipinski definition) is 2. The number of carbonyl (C=O) groups is 1. The van der Waals surface area contributed by atoms with E-state index in [4.69, 9.17) is 10.5 Å². The van der Waals surface area contributed by atoms with E-state index in [0.717, 1.165) is 6.42 Å². The van der Waals surface area contributed by atoms with Crippen LogP contribution in [0.5, 0.6) is 0 Å². The summed E-state index contributed by atoms with van der Waals surface area (Å²) in [7, 11) is 1.67. The van der Waals surface area contributed by atoms with E-state index >= 15 is 0 Å². The van der Waals surface area contributed by atoms with Crippen molar-refractivity contribution < 1.29 is 13.9 Å². The van der Waals surface area contributed by atoms with E-state index in [-0.39, 0.29) is 29.2 Å². The van der Waals surface area contributed by atoms with Gasteiger partial charge in [0.05, 0.1) is 11.8 Å². The highest BCUT2D eigenvalue weighted by atomic mass is 19.1. The fourth-order valence-corrected chi connectivity index (χ4v) is 2.46. The highest BCUT2D eigenvalue weighted by molar-refractivity contribution is 5.95. The van der Waals surface area contributed by atoms with Crippen LogP contribution >= 0.6 is 0 Å². The molecule has 104 valence electrons. The molecule has 1 aromatic carbocycles. The second-order valence-corrected chi connectivity index (χ2v) is 5.54. The zero-order valence-corrected chi connectivity index (χ0v) is 11.4. The molecule has 0 radical (unpaired) electrons. The summed E-state index contributed by atoms with van der Waals surface area (Å²) in [6.07, 6.45) is 0.933. The highest BCUT2D eigenvalue weighted by Crippen LogP contribution is 2.42. The molecule has 0 bridgehead atoms. The molecule has 1 fully saturated rings. The van der Waals surface area contributed by atoms with Crippen LogP contribution in [0.2, 0.25) is 0 Å². The lowest BCUT2D eigenvalue weighted by Crippen LogP contribution is -2.61. The molecule has 4 nitrogen and oxygen atoms in total. The van der Waals surface area contributed by atoms with Crippen LogP contribution in [-0.4, -0.2) is 25.2 Å². The molecule has 2 atom stereocenters. The first-order valence-corrected chi connectivity index (χ1v) is 6.25. The Labute approximate surface area is 112 Å². The van der Waals surface area contributed by atoms with Gasteiger partial charge < -0.3 is 15.8 Å². The summed E-state index contributed by atoms with van der Waals surface area (Å²) < 4.78 is 18.4. The average molecular weight is 266 g/mol. The van der Waals surface area contributed by atoms with Gasteiger partial charge in [0.1, 0.15) is 5.82 Å². The molecule has 2 rings (SSSR count). The van der Waals surface area contributed by atoms with E-state index in [1.807, 2.05) is 0 Å². The zero-order valence-electron chi connectivity index (χ0n) is 11.4. The molecule has 19 heavy (non-hydrogen) atoms. The van der Waals surface area contributed by atoms with Crippen molar-refractivity contribution in [3.05, 3.63) is 29.6 Å². The zero-order chi connectivity index (χ0) is 14.2. The summed E-state index contributed by atoms with van der Waals surface area (Å²) in [5.74, 6) is -0.751. The van der Waals surface area contributed by atoms with Crippen molar-refractivity contribution in [1.29, 1.82) is 0 Å². The van der Waals surface area contributed by atoms with E-state index in [0.29, 0.717) is 5.56 Å². The maximum atomic E-state index is 13.0. The van der Waals surface area contributed by atoms with Crippen LogP contribution in [-0.2, 0) is 4.74 Å². The van der Waals surface area contributed by atoms with Crippen LogP contribution in [0.3, 0.4) is 0 Å². The Balaban J connectivity index is 2.04. The number of anilines is 1. The van der Waals surface area contributed by atoms with Crippen molar-refractivity contribution in [3.8, 4) is 0 Å². The van der Waals surface area contributed by atoms with Gasteiger partial charge in [-0.2, -0.15) is 0 Å². The van der Waals surface area contributed by atoms with Crippen LogP contribution in [0.4, 0.5) is 10.1 Å². The van der Waals surface area contributed by atoms with Crippen LogP contribution in [0.25, 0.3) is 0 Å². The Hall–Kier alpha value is -1.62. The van der Waals surface area contributed by atoms with Crippen molar-refractivity contribution in [2.75, 3.05) is 12.8 Å². The number of nitrogen functional groups attached to an aromatic ring is 1. The van der Waals surface area contributed by atoms with Gasteiger partial charge >= 0.3 is 0 Å². The fraction of sp³-hybridized carbons (Fsp3) is 0.500. The predicted octanol–water partition coefficient (Wildman–Crippen LogP) is 1.95. The smallest absolute Gasteiger partial charge is 0.251 e. The van der Waals surface area contributed by atoms with Crippen LogP contribution in [0.15, 0.2) is 18.2 Å². The number of benzene rings is 1. The van der Waals surface area contributed by atoms with Crippen molar-refractivity contribution in [3.63, 3.8) is 0 Å². The molecule has 0 saturated heterocycles. The third-order valence-electron chi connectivity index (χ3n) is 4.03. The van der Waals surface area contributed by atoms with Crippen LogP contribution < -0.4 is 11.1 Å². The lowest BCUT2D eigenvalue weighted by atomic mass is 9.64. The normalized spacial score (nSPS) is 24.6. The van der Waals surface area contributed by atoms with Gasteiger partial charge in [-0.3, -0.25) is 4.79 Å². The van der Waals surface area contributed by atoms with Crippen LogP contribution in [0.1, 0.15) is 30.6 Å². The molecule has 1 amide bonds. The van der Waals surface area contributed by atoms with Crippen molar-refractivity contribution in [2.45, 2.75) is 32.4 Å². The van der Waals surface area contributed by atoms with E-state index in [2.05, 4.69) is 19.2 Å². The van der Waals surface area contributed by atoms with E-state index in [9.17, 15) is 9.18 Å². The molecular formula is C14H19FN2O2. The molecule has 1 saturated carbocycles. The summed E-state index contributed by atoms with van der Waals surface area (Å²) in [5.41, 5.74) is 5.71. The molecule has 0 aliphatic heterocycles. The summed E-state index contributed by atoms with van der Waals surface area (Å²) >= 11 is 0. The predicted molar refractivity (Wildman–Crippen MR) is 71.3 cm³/mol. The fourth-order valence-electron chi connectivity index (χ4n) is 2.46. The summed E-state index contributed by atoms with van der Waals surface area (Å²) in [6, 6.07) is 4.04. The van der Waals surface area contributed by atoms with Gasteiger partial charge in [-0.05, 0) is 24.6 Å². The topological polar surface area (TPSA) is 64.3 Å². The number of rotatable bonds is 3. The number of hydrogen-bond acceptors (Lipinski definition) is 3. The average Bonchev–Trinajstić information content (AvgIpc) is 2.36. The van der Waals surface area contributed by atoms with Crippen molar-refractivity contribution >= 4 is 11.6 Å². The number of nitrogens with one attached hydrogen (secondary N) is 1. The number of carbonyl (C=O) groups excluding carboxylic acids is 1. The number of methoxy groups -OCH3 is 1. The lowest BCUT2D eigenvalue weighted by Gasteiger charge is -2.51. The van der Waals surface area contributed by atoms with Gasteiger partial charge in [0.25, 0.3) is 5.91 Å². The first-order valence-electron chi connectivity index (χ1n) is 6.25. The Kier molecular flexibility index (Phi) is 3.49. The summed E-state index contributed by atoms with van der Waals surface area (Å²) in [5, 5.41) is 2.94. The maximum Gasteiger partial charge on any atom is 0.251 e. The molecule has 5 heteroatoms. The van der Waals surface area contributed by atoms with E-state index in [1.165, 1.54) is 18.2 Å². The first kappa shape index (κ1) is 13.8. The van der Waals surface area contributed by atoms with Crippen molar-refractivity contribution in [1.82, 2.24) is 5.32 Å². The number of ether oxygens (including phenoxy) is 1. The van der Waals surface area contributed by atoms with Gasteiger partial charge in [-0.1, -0.05) is 13.8 Å². The second-order valence-electron chi connectivity index (χ2n) is 5.54. The van der Waals surface area contributed by atoms with Gasteiger partial charge in [0.2, 0.25) is 0 Å². The molecule has 3 N–H and O–H groups in total. The molecule has 0 heterocycles. The second kappa shape index (κ2) is 4.81. The number of amides is 1. The molecule has 1 aliphatic carbocycles. The lowest BCUT2D eigenvalue weighted by molar-refractivity contribution is -0.0942. The van der Waals surface area contributed by atoms with Gasteiger partial charge in [0.15, 0.2) is 0 Å². The molecule has 1 aliphatic rings. The standard InChI is InChI=1S/C14H19FN2O2/c1-14(2)11(7-12(14)19-3)17-13(18)8-4-5-9(15)10(16)6-8/h4-6,11-12H,7,16H2,1-3H3,(H,17,18). The maximum absolute atomic E-state index is 13.0. The minimum atomic E-state index is -0.514. The van der Waals surface area contributed by atoms with E-state index in [1.54, 1.807) is 7.11 Å². The Bertz CT molecular complexity index is 502. The Morgan fingerprint density at radius 2 is 2.21 bits per heavy atom.